The van der Waals surface area contributed by atoms with E-state index in [1.165, 1.54) is 17.8 Å². The van der Waals surface area contributed by atoms with Crippen molar-refractivity contribution in [3.63, 3.8) is 0 Å². The Morgan fingerprint density at radius 3 is 2.81 bits per heavy atom. The fourth-order valence-corrected chi connectivity index (χ4v) is 4.91. The molecule has 3 aliphatic rings. The van der Waals surface area contributed by atoms with Crippen LogP contribution in [0.3, 0.4) is 0 Å². The molecule has 5 rings (SSSR count). The van der Waals surface area contributed by atoms with Gasteiger partial charge in [-0.15, -0.1) is 10.2 Å². The minimum absolute atomic E-state index is 0.00357. The van der Waals surface area contributed by atoms with Gasteiger partial charge in [-0.05, 0) is 38.5 Å². The van der Waals surface area contributed by atoms with Crippen molar-refractivity contribution in [2.75, 3.05) is 11.9 Å². The molecule has 8 heteroatoms. The molecule has 2 saturated carbocycles. The van der Waals surface area contributed by atoms with E-state index in [0.29, 0.717) is 25.2 Å². The van der Waals surface area contributed by atoms with Crippen molar-refractivity contribution in [1.29, 1.82) is 0 Å². The number of rotatable bonds is 4. The smallest absolute Gasteiger partial charge is 0.267 e. The first-order valence-corrected chi connectivity index (χ1v) is 10.4. The molecule has 7 nitrogen and oxygen atoms in total. The van der Waals surface area contributed by atoms with E-state index in [0.717, 1.165) is 48.5 Å². The van der Waals surface area contributed by atoms with Crippen LogP contribution in [0.15, 0.2) is 10.9 Å². The number of fused-ring (bicyclic) bond motifs is 1. The van der Waals surface area contributed by atoms with Crippen LogP contribution < -0.4 is 10.9 Å². The van der Waals surface area contributed by atoms with Gasteiger partial charge in [0.15, 0.2) is 0 Å². The van der Waals surface area contributed by atoms with Gasteiger partial charge in [0.2, 0.25) is 5.13 Å². The average molecular weight is 373 g/mol. The second-order valence-corrected chi connectivity index (χ2v) is 8.58. The third-order valence-corrected chi connectivity index (χ3v) is 6.62. The summed E-state index contributed by atoms with van der Waals surface area (Å²) in [6.07, 6.45) is 7.30. The molecule has 1 N–H and O–H groups in total. The van der Waals surface area contributed by atoms with Gasteiger partial charge in [-0.25, -0.2) is 4.68 Å². The predicted octanol–water partition coefficient (Wildman–Crippen LogP) is 2.64. The lowest BCUT2D eigenvalue weighted by Gasteiger charge is -2.30. The van der Waals surface area contributed by atoms with Gasteiger partial charge in [-0.3, -0.25) is 4.79 Å². The number of ether oxygens (including phenoxy) is 1. The Hall–Kier alpha value is -1.80. The van der Waals surface area contributed by atoms with E-state index in [9.17, 15) is 4.79 Å². The molecular weight excluding hydrogens is 350 g/mol. The average Bonchev–Trinajstić information content (AvgIpc) is 3.41. The zero-order chi connectivity index (χ0) is 17.5. The standard InChI is InChI=1S/C18H23N5O2S/c24-16-9-12-10-25-8-7-15(12)22-23(16)14-5-3-13(4-6-14)19-18-21-20-17(26-18)11-1-2-11/h9,11,13-14H,1-8,10H2,(H,19,21). The van der Waals surface area contributed by atoms with E-state index >= 15 is 0 Å². The molecule has 1 aliphatic heterocycles. The highest BCUT2D eigenvalue weighted by atomic mass is 32.1. The first-order valence-electron chi connectivity index (χ1n) is 9.55. The highest BCUT2D eigenvalue weighted by molar-refractivity contribution is 7.15. The summed E-state index contributed by atoms with van der Waals surface area (Å²) in [6.45, 7) is 1.21. The Morgan fingerprint density at radius 1 is 1.15 bits per heavy atom. The number of aromatic nitrogens is 4. The first-order chi connectivity index (χ1) is 12.8. The molecule has 0 spiro atoms. The van der Waals surface area contributed by atoms with E-state index in [1.54, 1.807) is 22.1 Å². The lowest BCUT2D eigenvalue weighted by Crippen LogP contribution is -2.35. The van der Waals surface area contributed by atoms with Crippen LogP contribution in [-0.2, 0) is 17.8 Å². The third-order valence-electron chi connectivity index (χ3n) is 5.60. The zero-order valence-corrected chi connectivity index (χ0v) is 15.5. The van der Waals surface area contributed by atoms with Crippen LogP contribution >= 0.6 is 11.3 Å². The fourth-order valence-electron chi connectivity index (χ4n) is 3.92. The molecule has 2 aromatic heterocycles. The quantitative estimate of drug-likeness (QED) is 0.887. The summed E-state index contributed by atoms with van der Waals surface area (Å²) >= 11 is 1.70. The van der Waals surface area contributed by atoms with Gasteiger partial charge in [0.05, 0.1) is 24.9 Å². The van der Waals surface area contributed by atoms with Crippen LogP contribution in [0.2, 0.25) is 0 Å². The molecule has 0 amide bonds. The molecule has 3 heterocycles. The normalized spacial score (nSPS) is 25.7. The van der Waals surface area contributed by atoms with Crippen LogP contribution in [0.25, 0.3) is 0 Å². The monoisotopic (exact) mass is 373 g/mol. The maximum Gasteiger partial charge on any atom is 0.267 e. The van der Waals surface area contributed by atoms with Crippen molar-refractivity contribution in [2.45, 2.75) is 69.6 Å². The van der Waals surface area contributed by atoms with Crippen molar-refractivity contribution in [2.24, 2.45) is 0 Å². The maximum absolute atomic E-state index is 12.4. The van der Waals surface area contributed by atoms with Crippen LogP contribution in [0, 0.1) is 0 Å². The minimum atomic E-state index is 0.00357. The van der Waals surface area contributed by atoms with Crippen molar-refractivity contribution < 1.29 is 4.74 Å². The van der Waals surface area contributed by atoms with Crippen LogP contribution in [-0.4, -0.2) is 32.6 Å². The summed E-state index contributed by atoms with van der Waals surface area (Å²) in [5, 5.41) is 18.9. The van der Waals surface area contributed by atoms with E-state index in [2.05, 4.69) is 20.6 Å². The second-order valence-electron chi connectivity index (χ2n) is 7.57. The maximum atomic E-state index is 12.4. The number of hydrogen-bond acceptors (Lipinski definition) is 7. The van der Waals surface area contributed by atoms with E-state index in [4.69, 9.17) is 4.74 Å². The summed E-state index contributed by atoms with van der Waals surface area (Å²) in [5.41, 5.74) is 1.98. The number of nitrogens with one attached hydrogen (secondary N) is 1. The molecule has 0 aromatic carbocycles. The Kier molecular flexibility index (Phi) is 4.24. The SMILES string of the molecule is O=c1cc2c(nn1C1CCC(Nc3nnc(C4CC4)s3)CC1)CCOC2. The second kappa shape index (κ2) is 6.74. The van der Waals surface area contributed by atoms with Gasteiger partial charge < -0.3 is 10.1 Å². The molecule has 26 heavy (non-hydrogen) atoms. The number of nitrogens with zero attached hydrogens (tertiary/aromatic N) is 4. The predicted molar refractivity (Wildman–Crippen MR) is 98.7 cm³/mol. The summed E-state index contributed by atoms with van der Waals surface area (Å²) in [5.74, 6) is 0.658. The fraction of sp³-hybridized carbons (Fsp3) is 0.667. The molecule has 2 fully saturated rings. The Morgan fingerprint density at radius 2 is 2.00 bits per heavy atom. The molecule has 0 saturated heterocycles. The molecule has 0 unspecified atom stereocenters. The molecule has 2 aliphatic carbocycles. The van der Waals surface area contributed by atoms with E-state index in [1.807, 2.05) is 0 Å². The van der Waals surface area contributed by atoms with Gasteiger partial charge in [0.25, 0.3) is 5.56 Å². The van der Waals surface area contributed by atoms with Gasteiger partial charge in [0.1, 0.15) is 5.01 Å². The number of anilines is 1. The molecule has 0 atom stereocenters. The van der Waals surface area contributed by atoms with Gasteiger partial charge in [-0.2, -0.15) is 5.10 Å². The van der Waals surface area contributed by atoms with E-state index < -0.39 is 0 Å². The highest BCUT2D eigenvalue weighted by Gasteiger charge is 2.29. The van der Waals surface area contributed by atoms with Gasteiger partial charge in [0, 0.05) is 30.0 Å². The van der Waals surface area contributed by atoms with Crippen molar-refractivity contribution >= 4 is 16.5 Å². The Bertz CT molecular complexity index is 852. The number of hydrogen-bond donors (Lipinski definition) is 1. The summed E-state index contributed by atoms with van der Waals surface area (Å²) in [4.78, 5) is 12.4. The van der Waals surface area contributed by atoms with Crippen LogP contribution in [0.1, 0.15) is 66.7 Å². The molecule has 0 bridgehead atoms. The van der Waals surface area contributed by atoms with Gasteiger partial charge in [-0.1, -0.05) is 11.3 Å². The summed E-state index contributed by atoms with van der Waals surface area (Å²) in [6, 6.07) is 2.32. The Balaban J connectivity index is 1.23. The van der Waals surface area contributed by atoms with E-state index in [-0.39, 0.29) is 11.6 Å². The highest BCUT2D eigenvalue weighted by Crippen LogP contribution is 2.42. The van der Waals surface area contributed by atoms with Crippen LogP contribution in [0.5, 0.6) is 0 Å². The minimum Gasteiger partial charge on any atom is -0.376 e. The molecule has 2 aromatic rings. The molecule has 0 radical (unpaired) electrons. The Labute approximate surface area is 155 Å². The third kappa shape index (κ3) is 3.27. The largest absolute Gasteiger partial charge is 0.376 e. The van der Waals surface area contributed by atoms with Crippen molar-refractivity contribution in [3.05, 3.63) is 32.7 Å². The topological polar surface area (TPSA) is 81.9 Å². The summed E-state index contributed by atoms with van der Waals surface area (Å²) in [7, 11) is 0. The first kappa shape index (κ1) is 16.4. The van der Waals surface area contributed by atoms with Crippen molar-refractivity contribution in [1.82, 2.24) is 20.0 Å². The summed E-state index contributed by atoms with van der Waals surface area (Å²) < 4.78 is 7.14. The van der Waals surface area contributed by atoms with Crippen molar-refractivity contribution in [3.8, 4) is 0 Å². The zero-order valence-electron chi connectivity index (χ0n) is 14.7. The molecule has 138 valence electrons. The lowest BCUT2D eigenvalue weighted by atomic mass is 9.91. The molecular formula is C18H23N5O2S. The van der Waals surface area contributed by atoms with Crippen LogP contribution in [0.4, 0.5) is 5.13 Å². The lowest BCUT2D eigenvalue weighted by molar-refractivity contribution is 0.107. The van der Waals surface area contributed by atoms with Gasteiger partial charge >= 0.3 is 0 Å².